The van der Waals surface area contributed by atoms with E-state index in [1.54, 1.807) is 16.7 Å². The monoisotopic (exact) mass is 599 g/mol. The number of benzene rings is 2. The summed E-state index contributed by atoms with van der Waals surface area (Å²) in [7, 11) is 1.47. The minimum Gasteiger partial charge on any atom is -0.495 e. The quantitative estimate of drug-likeness (QED) is 0.238. The van der Waals surface area contributed by atoms with Gasteiger partial charge in [0.25, 0.3) is 5.56 Å². The van der Waals surface area contributed by atoms with Gasteiger partial charge in [-0.3, -0.25) is 14.4 Å². The molecule has 232 valence electrons. The third-order valence-corrected chi connectivity index (χ3v) is 8.36. The SMILES string of the molecule is COc1c2c(cc3c1[C@@H](c1cc4cc(C)ccc4n(CC(C)C)c1=O)CC(=O)O3)/C=C/CCCC(=O)CCC[C@H](C)OC2=O. The first-order chi connectivity index (χ1) is 21.1. The zero-order valence-electron chi connectivity index (χ0n) is 26.2. The Kier molecular flexibility index (Phi) is 9.37. The zero-order valence-corrected chi connectivity index (χ0v) is 26.2. The van der Waals surface area contributed by atoms with E-state index in [4.69, 9.17) is 14.2 Å². The molecule has 0 N–H and O–H groups in total. The summed E-state index contributed by atoms with van der Waals surface area (Å²) >= 11 is 0. The molecule has 8 nitrogen and oxygen atoms in total. The maximum atomic E-state index is 14.2. The summed E-state index contributed by atoms with van der Waals surface area (Å²) in [6.45, 7) is 8.45. The largest absolute Gasteiger partial charge is 0.495 e. The molecule has 0 unspecified atom stereocenters. The van der Waals surface area contributed by atoms with Gasteiger partial charge in [0, 0.05) is 36.4 Å². The van der Waals surface area contributed by atoms with Crippen molar-refractivity contribution in [1.29, 1.82) is 0 Å². The molecule has 3 heterocycles. The molecule has 5 rings (SSSR count). The first-order valence-electron chi connectivity index (χ1n) is 15.6. The number of aromatic nitrogens is 1. The Morgan fingerprint density at radius 2 is 1.82 bits per heavy atom. The standard InChI is InChI=1S/C36H41NO7/c1-21(2)20-37-29-15-14-22(3)16-25(29)17-28(35(37)40)27-19-31(39)44-30-18-24-11-7-6-8-12-26(38)13-9-10-23(4)43-36(41)32(24)34(42-5)33(27)30/h7,11,14-18,21,23,27H,6,8-10,12-13,19-20H2,1-5H3/b11-7+/t23-,27+/m0/s1. The van der Waals surface area contributed by atoms with E-state index in [0.29, 0.717) is 61.8 Å². The molecule has 44 heavy (non-hydrogen) atoms. The van der Waals surface area contributed by atoms with Crippen LogP contribution < -0.4 is 15.0 Å². The second kappa shape index (κ2) is 13.2. The van der Waals surface area contributed by atoms with Crippen molar-refractivity contribution in [3.05, 3.63) is 74.6 Å². The van der Waals surface area contributed by atoms with Crippen LogP contribution in [0.1, 0.15) is 104 Å². The Bertz CT molecular complexity index is 1700. The molecule has 8 heteroatoms. The van der Waals surface area contributed by atoms with E-state index in [1.165, 1.54) is 7.11 Å². The van der Waals surface area contributed by atoms with Gasteiger partial charge in [-0.15, -0.1) is 0 Å². The molecular formula is C36H41NO7. The molecule has 2 aliphatic heterocycles. The maximum absolute atomic E-state index is 14.2. The zero-order chi connectivity index (χ0) is 31.5. The van der Waals surface area contributed by atoms with Crippen LogP contribution in [0.4, 0.5) is 0 Å². The first-order valence-corrected chi connectivity index (χ1v) is 15.6. The number of carbonyl (C=O) groups is 3. The maximum Gasteiger partial charge on any atom is 0.342 e. The van der Waals surface area contributed by atoms with E-state index in [1.807, 2.05) is 44.2 Å². The van der Waals surface area contributed by atoms with Crippen LogP contribution in [0.5, 0.6) is 11.5 Å². The van der Waals surface area contributed by atoms with Crippen LogP contribution in [0.15, 0.2) is 41.2 Å². The predicted octanol–water partition coefficient (Wildman–Crippen LogP) is 6.90. The Morgan fingerprint density at radius 3 is 2.57 bits per heavy atom. The van der Waals surface area contributed by atoms with E-state index < -0.39 is 24.0 Å². The second-order valence-electron chi connectivity index (χ2n) is 12.4. The summed E-state index contributed by atoms with van der Waals surface area (Å²) in [5, 5.41) is 0.896. The fourth-order valence-corrected chi connectivity index (χ4v) is 6.30. The summed E-state index contributed by atoms with van der Waals surface area (Å²) in [6, 6.07) is 9.51. The highest BCUT2D eigenvalue weighted by Gasteiger charge is 2.37. The predicted molar refractivity (Wildman–Crippen MR) is 169 cm³/mol. The third kappa shape index (κ3) is 6.49. The van der Waals surface area contributed by atoms with Crippen LogP contribution in [0, 0.1) is 12.8 Å². The molecule has 0 saturated carbocycles. The van der Waals surface area contributed by atoms with Gasteiger partial charge >= 0.3 is 11.9 Å². The number of ketones is 1. The highest BCUT2D eigenvalue weighted by Crippen LogP contribution is 2.47. The molecule has 0 aliphatic carbocycles. The van der Waals surface area contributed by atoms with Crippen molar-refractivity contribution in [3.63, 3.8) is 0 Å². The van der Waals surface area contributed by atoms with Gasteiger partial charge < -0.3 is 18.8 Å². The molecule has 3 aromatic rings. The lowest BCUT2D eigenvalue weighted by molar-refractivity contribution is -0.135. The number of carbonyl (C=O) groups excluding carboxylic acids is 3. The molecule has 0 bridgehead atoms. The van der Waals surface area contributed by atoms with Gasteiger partial charge in [-0.25, -0.2) is 4.79 Å². The number of methoxy groups -OCH3 is 1. The number of rotatable bonds is 4. The summed E-state index contributed by atoms with van der Waals surface area (Å²) in [6.07, 6.45) is 6.69. The van der Waals surface area contributed by atoms with Crippen LogP contribution in [0.2, 0.25) is 0 Å². The van der Waals surface area contributed by atoms with E-state index in [-0.39, 0.29) is 40.7 Å². The van der Waals surface area contributed by atoms with Gasteiger partial charge in [0.05, 0.1) is 25.2 Å². The van der Waals surface area contributed by atoms with Crippen molar-refractivity contribution in [2.24, 2.45) is 5.92 Å². The number of cyclic esters (lactones) is 1. The van der Waals surface area contributed by atoms with E-state index >= 15 is 0 Å². The molecule has 0 spiro atoms. The van der Waals surface area contributed by atoms with Gasteiger partial charge in [0.15, 0.2) is 0 Å². The lowest BCUT2D eigenvalue weighted by Crippen LogP contribution is -2.31. The van der Waals surface area contributed by atoms with E-state index in [9.17, 15) is 19.2 Å². The second-order valence-corrected chi connectivity index (χ2v) is 12.4. The van der Waals surface area contributed by atoms with Crippen molar-refractivity contribution >= 4 is 34.7 Å². The molecule has 0 fully saturated rings. The first kappa shape index (κ1) is 31.2. The fraction of sp³-hybridized carbons (Fsp3) is 0.444. The molecule has 2 atom stereocenters. The lowest BCUT2D eigenvalue weighted by Gasteiger charge is -2.29. The number of allylic oxidation sites excluding steroid dienone is 1. The van der Waals surface area contributed by atoms with Crippen molar-refractivity contribution in [1.82, 2.24) is 4.57 Å². The number of aryl methyl sites for hydroxylation is 1. The highest BCUT2D eigenvalue weighted by molar-refractivity contribution is 5.99. The van der Waals surface area contributed by atoms with Crippen molar-refractivity contribution in [3.8, 4) is 11.5 Å². The number of esters is 2. The average Bonchev–Trinajstić information content (AvgIpc) is 2.96. The van der Waals surface area contributed by atoms with Gasteiger partial charge in [0.2, 0.25) is 0 Å². The van der Waals surface area contributed by atoms with Crippen LogP contribution in [-0.4, -0.2) is 35.5 Å². The third-order valence-electron chi connectivity index (χ3n) is 8.36. The van der Waals surface area contributed by atoms with Crippen molar-refractivity contribution in [2.75, 3.05) is 7.11 Å². The van der Waals surface area contributed by atoms with Crippen LogP contribution in [0.25, 0.3) is 17.0 Å². The number of fused-ring (bicyclic) bond motifs is 3. The molecule has 0 radical (unpaired) electrons. The number of hydrogen-bond acceptors (Lipinski definition) is 7. The van der Waals surface area contributed by atoms with Crippen molar-refractivity contribution < 1.29 is 28.6 Å². The normalized spacial score (nSPS) is 20.4. The summed E-state index contributed by atoms with van der Waals surface area (Å²) in [5.41, 5.74) is 3.34. The Hall–Kier alpha value is -4.20. The minimum atomic E-state index is -0.698. The summed E-state index contributed by atoms with van der Waals surface area (Å²) < 4.78 is 19.4. The summed E-state index contributed by atoms with van der Waals surface area (Å²) in [5.74, 6) is -0.830. The molecule has 2 aromatic carbocycles. The van der Waals surface area contributed by atoms with Crippen molar-refractivity contribution in [2.45, 2.75) is 91.2 Å². The highest BCUT2D eigenvalue weighted by atomic mass is 16.5. The molecule has 0 saturated heterocycles. The minimum absolute atomic E-state index is 0.0777. The lowest BCUT2D eigenvalue weighted by atomic mass is 9.83. The summed E-state index contributed by atoms with van der Waals surface area (Å²) in [4.78, 5) is 53.3. The van der Waals surface area contributed by atoms with Crippen LogP contribution >= 0.6 is 0 Å². The number of pyridine rings is 1. The molecular weight excluding hydrogens is 558 g/mol. The number of nitrogens with zero attached hydrogens (tertiary/aromatic N) is 1. The molecule has 2 aliphatic rings. The Balaban J connectivity index is 1.73. The number of ether oxygens (including phenoxy) is 3. The van der Waals surface area contributed by atoms with E-state index in [2.05, 4.69) is 13.8 Å². The fourth-order valence-electron chi connectivity index (χ4n) is 6.30. The van der Waals surface area contributed by atoms with Gasteiger partial charge in [-0.2, -0.15) is 0 Å². The van der Waals surface area contributed by atoms with Gasteiger partial charge in [-0.05, 0) is 80.7 Å². The van der Waals surface area contributed by atoms with Gasteiger partial charge in [0.1, 0.15) is 22.8 Å². The van der Waals surface area contributed by atoms with Crippen LogP contribution in [0.3, 0.4) is 0 Å². The Labute approximate surface area is 258 Å². The number of hydrogen-bond donors (Lipinski definition) is 0. The number of Topliss-reactive ketones (excluding diaryl/α,β-unsaturated/α-hetero) is 1. The topological polar surface area (TPSA) is 101 Å². The Morgan fingerprint density at radius 1 is 1.05 bits per heavy atom. The molecule has 1 aromatic heterocycles. The molecule has 0 amide bonds. The smallest absolute Gasteiger partial charge is 0.342 e. The van der Waals surface area contributed by atoms with Gasteiger partial charge in [-0.1, -0.05) is 37.6 Å². The van der Waals surface area contributed by atoms with Crippen LogP contribution in [-0.2, 0) is 20.9 Å². The average molecular weight is 600 g/mol. The van der Waals surface area contributed by atoms with E-state index in [0.717, 1.165) is 16.5 Å².